The van der Waals surface area contributed by atoms with E-state index in [0.29, 0.717) is 19.0 Å². The number of carbonyl (C=O) groups is 3. The van der Waals surface area contributed by atoms with E-state index in [-0.39, 0.29) is 19.0 Å². The van der Waals surface area contributed by atoms with E-state index in [0.717, 1.165) is 11.3 Å². The van der Waals surface area contributed by atoms with Crippen molar-refractivity contribution in [2.75, 3.05) is 20.3 Å². The Balaban J connectivity index is 1.71. The van der Waals surface area contributed by atoms with Crippen molar-refractivity contribution in [3.05, 3.63) is 29.1 Å². The Morgan fingerprint density at radius 2 is 2.04 bits per heavy atom. The molecule has 1 aliphatic rings. The quantitative estimate of drug-likeness (QED) is 0.413. The maximum Gasteiger partial charge on any atom is 0.331 e. The molecular formula is C19H26N2O5. The Kier molecular flexibility index (Phi) is 7.00. The van der Waals surface area contributed by atoms with Crippen molar-refractivity contribution in [1.82, 2.24) is 9.88 Å². The summed E-state index contributed by atoms with van der Waals surface area (Å²) in [5.41, 5.74) is 3.31. The molecule has 2 rings (SSSR count). The molecule has 142 valence electrons. The minimum atomic E-state index is -0.564. The standard InChI is InChI=1S/C19H26N2O5/c1-13-11-15(14(2)21(13)16-7-8-16)6-9-19(24)26-12-17(22)20-10-4-5-18(23)25-3/h6,9,11,16H,4-5,7-8,10,12H2,1-3H3,(H,20,22)/b9-6+. The molecule has 0 radical (unpaired) electrons. The highest BCUT2D eigenvalue weighted by Gasteiger charge is 2.26. The summed E-state index contributed by atoms with van der Waals surface area (Å²) in [7, 11) is 1.32. The molecule has 0 bridgehead atoms. The van der Waals surface area contributed by atoms with E-state index in [1.54, 1.807) is 6.08 Å². The number of hydrogen-bond acceptors (Lipinski definition) is 5. The average molecular weight is 362 g/mol. The van der Waals surface area contributed by atoms with Gasteiger partial charge >= 0.3 is 11.9 Å². The van der Waals surface area contributed by atoms with E-state index < -0.39 is 11.9 Å². The van der Waals surface area contributed by atoms with Gasteiger partial charge in [0.1, 0.15) is 0 Å². The lowest BCUT2D eigenvalue weighted by Gasteiger charge is -2.06. The summed E-state index contributed by atoms with van der Waals surface area (Å²) in [5.74, 6) is -1.29. The predicted molar refractivity (Wildman–Crippen MR) is 96.4 cm³/mol. The summed E-state index contributed by atoms with van der Waals surface area (Å²) in [6.07, 6.45) is 6.18. The van der Waals surface area contributed by atoms with E-state index in [1.807, 2.05) is 13.0 Å². The van der Waals surface area contributed by atoms with Crippen LogP contribution in [0.25, 0.3) is 6.08 Å². The number of aryl methyl sites for hydroxylation is 1. The number of ether oxygens (including phenoxy) is 2. The zero-order valence-corrected chi connectivity index (χ0v) is 15.5. The van der Waals surface area contributed by atoms with Crippen molar-refractivity contribution in [2.45, 2.75) is 45.6 Å². The van der Waals surface area contributed by atoms with Gasteiger partial charge in [-0.05, 0) is 50.8 Å². The maximum absolute atomic E-state index is 11.8. The molecule has 0 saturated heterocycles. The number of methoxy groups -OCH3 is 1. The van der Waals surface area contributed by atoms with Crippen molar-refractivity contribution in [1.29, 1.82) is 0 Å². The zero-order chi connectivity index (χ0) is 19.1. The van der Waals surface area contributed by atoms with Crippen LogP contribution in [0.15, 0.2) is 12.1 Å². The molecule has 0 spiro atoms. The largest absolute Gasteiger partial charge is 0.469 e. The fraction of sp³-hybridized carbons (Fsp3) is 0.526. The van der Waals surface area contributed by atoms with Crippen LogP contribution in [0.1, 0.15) is 48.7 Å². The molecule has 0 atom stereocenters. The van der Waals surface area contributed by atoms with Gasteiger partial charge in [0.15, 0.2) is 6.61 Å². The summed E-state index contributed by atoms with van der Waals surface area (Å²) < 4.78 is 11.7. The molecule has 7 nitrogen and oxygen atoms in total. The van der Waals surface area contributed by atoms with Crippen LogP contribution in [0.5, 0.6) is 0 Å². The molecule has 0 aliphatic heterocycles. The molecule has 1 fully saturated rings. The second kappa shape index (κ2) is 9.22. The molecule has 1 saturated carbocycles. The Bertz CT molecular complexity index is 701. The Morgan fingerprint density at radius 3 is 2.69 bits per heavy atom. The molecular weight excluding hydrogens is 336 g/mol. The number of hydrogen-bond donors (Lipinski definition) is 1. The third-order valence-electron chi connectivity index (χ3n) is 4.29. The molecule has 1 aliphatic carbocycles. The molecule has 1 amide bonds. The average Bonchev–Trinajstić information content (AvgIpc) is 3.40. The highest BCUT2D eigenvalue weighted by molar-refractivity contribution is 5.89. The molecule has 26 heavy (non-hydrogen) atoms. The Hall–Kier alpha value is -2.57. The SMILES string of the molecule is COC(=O)CCCNC(=O)COC(=O)/C=C/c1cc(C)n(C2CC2)c1C. The monoisotopic (exact) mass is 362 g/mol. The van der Waals surface area contributed by atoms with Gasteiger partial charge in [-0.25, -0.2) is 4.79 Å². The number of aromatic nitrogens is 1. The first kappa shape index (κ1) is 19.8. The van der Waals surface area contributed by atoms with Crippen LogP contribution >= 0.6 is 0 Å². The van der Waals surface area contributed by atoms with Crippen LogP contribution in [-0.4, -0.2) is 42.7 Å². The lowest BCUT2D eigenvalue weighted by Crippen LogP contribution is -2.29. The van der Waals surface area contributed by atoms with Crippen molar-refractivity contribution < 1.29 is 23.9 Å². The molecule has 7 heteroatoms. The molecule has 1 N–H and O–H groups in total. The van der Waals surface area contributed by atoms with Gasteiger partial charge in [-0.3, -0.25) is 9.59 Å². The van der Waals surface area contributed by atoms with Gasteiger partial charge in [-0.1, -0.05) is 0 Å². The smallest absolute Gasteiger partial charge is 0.331 e. The fourth-order valence-electron chi connectivity index (χ4n) is 2.82. The molecule has 1 aromatic heterocycles. The van der Waals surface area contributed by atoms with Crippen molar-refractivity contribution in [3.8, 4) is 0 Å². The van der Waals surface area contributed by atoms with Gasteiger partial charge in [-0.2, -0.15) is 0 Å². The maximum atomic E-state index is 11.8. The summed E-state index contributed by atoms with van der Waals surface area (Å²) >= 11 is 0. The lowest BCUT2D eigenvalue weighted by molar-refractivity contribution is -0.143. The lowest BCUT2D eigenvalue weighted by atomic mass is 10.2. The van der Waals surface area contributed by atoms with Crippen LogP contribution in [-0.2, 0) is 23.9 Å². The van der Waals surface area contributed by atoms with Crippen molar-refractivity contribution in [3.63, 3.8) is 0 Å². The second-order valence-electron chi connectivity index (χ2n) is 6.40. The summed E-state index contributed by atoms with van der Waals surface area (Å²) in [5, 5.41) is 2.58. The Morgan fingerprint density at radius 1 is 1.31 bits per heavy atom. The van der Waals surface area contributed by atoms with Gasteiger partial charge in [0.05, 0.1) is 7.11 Å². The third kappa shape index (κ3) is 5.75. The second-order valence-corrected chi connectivity index (χ2v) is 6.40. The van der Waals surface area contributed by atoms with Crippen LogP contribution in [0.4, 0.5) is 0 Å². The number of nitrogens with one attached hydrogen (secondary N) is 1. The first-order valence-corrected chi connectivity index (χ1v) is 8.79. The Labute approximate surface area is 153 Å². The summed E-state index contributed by atoms with van der Waals surface area (Å²) in [6.45, 7) is 4.08. The highest BCUT2D eigenvalue weighted by Crippen LogP contribution is 2.38. The highest BCUT2D eigenvalue weighted by atomic mass is 16.5. The van der Waals surface area contributed by atoms with Gasteiger partial charge in [0.2, 0.25) is 0 Å². The third-order valence-corrected chi connectivity index (χ3v) is 4.29. The number of esters is 2. The van der Waals surface area contributed by atoms with Gasteiger partial charge < -0.3 is 19.4 Å². The predicted octanol–water partition coefficient (Wildman–Crippen LogP) is 2.07. The normalized spacial score (nSPS) is 13.7. The number of rotatable bonds is 9. The van der Waals surface area contributed by atoms with E-state index in [9.17, 15) is 14.4 Å². The molecule has 0 aromatic carbocycles. The summed E-state index contributed by atoms with van der Waals surface area (Å²) in [4.78, 5) is 34.3. The summed E-state index contributed by atoms with van der Waals surface area (Å²) in [6, 6.07) is 2.64. The minimum Gasteiger partial charge on any atom is -0.469 e. The fourth-order valence-corrected chi connectivity index (χ4v) is 2.82. The number of carbonyl (C=O) groups excluding carboxylic acids is 3. The van der Waals surface area contributed by atoms with Gasteiger partial charge in [0, 0.05) is 36.5 Å². The molecule has 1 heterocycles. The van der Waals surface area contributed by atoms with Crippen LogP contribution in [0, 0.1) is 13.8 Å². The van der Waals surface area contributed by atoms with Crippen molar-refractivity contribution in [2.24, 2.45) is 0 Å². The van der Waals surface area contributed by atoms with Crippen LogP contribution < -0.4 is 5.32 Å². The topological polar surface area (TPSA) is 86.6 Å². The van der Waals surface area contributed by atoms with Crippen LogP contribution in [0.3, 0.4) is 0 Å². The number of amides is 1. The van der Waals surface area contributed by atoms with Gasteiger partial charge in [0.25, 0.3) is 5.91 Å². The first-order chi connectivity index (χ1) is 12.4. The minimum absolute atomic E-state index is 0.235. The van der Waals surface area contributed by atoms with E-state index in [1.165, 1.54) is 31.7 Å². The van der Waals surface area contributed by atoms with Crippen LogP contribution in [0.2, 0.25) is 0 Å². The van der Waals surface area contributed by atoms with E-state index in [2.05, 4.69) is 21.5 Å². The number of nitrogens with zero attached hydrogens (tertiary/aromatic N) is 1. The van der Waals surface area contributed by atoms with E-state index >= 15 is 0 Å². The molecule has 0 unspecified atom stereocenters. The van der Waals surface area contributed by atoms with Gasteiger partial charge in [-0.15, -0.1) is 0 Å². The molecule has 1 aromatic rings. The van der Waals surface area contributed by atoms with Crippen molar-refractivity contribution >= 4 is 23.9 Å². The first-order valence-electron chi connectivity index (χ1n) is 8.79. The zero-order valence-electron chi connectivity index (χ0n) is 15.5. The van der Waals surface area contributed by atoms with E-state index in [4.69, 9.17) is 4.74 Å².